The fraction of sp³-hybridized carbons (Fsp3) is 0. The van der Waals surface area contributed by atoms with Gasteiger partial charge >= 0.3 is 29.6 Å². The van der Waals surface area contributed by atoms with Crippen LogP contribution in [0.5, 0.6) is 0 Å². The second-order valence-electron chi connectivity index (χ2n) is 0.254. The summed E-state index contributed by atoms with van der Waals surface area (Å²) in [6.45, 7) is 3.13. The standard InChI is InChI=1S/C2H3Cl.HN3.Na.H/c1-2-3;1-3-2;;/h2H,1H2;1H;;/q;;+1;-1. The Balaban J connectivity index is -0.0000000160. The Morgan fingerprint density at radius 2 is 2.00 bits per heavy atom. The van der Waals surface area contributed by atoms with Crippen molar-refractivity contribution in [2.75, 3.05) is 0 Å². The smallest absolute Gasteiger partial charge is 1.00 e. The Labute approximate surface area is 70.5 Å². The molecule has 3 nitrogen and oxygen atoms in total. The van der Waals surface area contributed by atoms with Crippen molar-refractivity contribution < 1.29 is 31.0 Å². The molecule has 0 aliphatic rings. The Kier molecular flexibility index (Phi) is 73.9. The monoisotopic (exact) mass is 129 g/mol. The molecule has 7 heavy (non-hydrogen) atoms. The molecule has 0 radical (unpaired) electrons. The molecule has 0 bridgehead atoms. The van der Waals surface area contributed by atoms with Gasteiger partial charge in [0.15, 0.2) is 0 Å². The molecule has 0 rings (SSSR count). The van der Waals surface area contributed by atoms with Crippen LogP contribution in [0.15, 0.2) is 12.1 Å². The van der Waals surface area contributed by atoms with Crippen molar-refractivity contribution in [1.29, 1.82) is 5.53 Å². The van der Waals surface area contributed by atoms with E-state index >= 15 is 0 Å². The summed E-state index contributed by atoms with van der Waals surface area (Å²) in [7, 11) is 0. The fourth-order valence-corrected chi connectivity index (χ4v) is 0. The van der Waals surface area contributed by atoms with Gasteiger partial charge < -0.3 is 1.43 Å². The van der Waals surface area contributed by atoms with E-state index in [-0.39, 0.29) is 31.0 Å². The minimum atomic E-state index is 0. The van der Waals surface area contributed by atoms with E-state index in [0.29, 0.717) is 0 Å². The first-order chi connectivity index (χ1) is 2.83. The summed E-state index contributed by atoms with van der Waals surface area (Å²) in [6.07, 6.45) is 0. The van der Waals surface area contributed by atoms with E-state index in [4.69, 9.17) is 22.7 Å². The maximum Gasteiger partial charge on any atom is 1.00 e. The minimum Gasteiger partial charge on any atom is -1.00 e. The molecule has 5 heteroatoms. The first-order valence-corrected chi connectivity index (χ1v) is 1.49. The van der Waals surface area contributed by atoms with Gasteiger partial charge in [-0.2, -0.15) is 0 Å². The number of rotatable bonds is 0. The molecule has 0 fully saturated rings. The van der Waals surface area contributed by atoms with Crippen LogP contribution >= 0.6 is 11.6 Å². The first kappa shape index (κ1) is 15.7. The van der Waals surface area contributed by atoms with E-state index in [2.05, 4.69) is 6.58 Å². The summed E-state index contributed by atoms with van der Waals surface area (Å²) in [5.74, 6) is 0. The normalized spacial score (nSPS) is 3.00. The van der Waals surface area contributed by atoms with Crippen LogP contribution in [0.25, 0.3) is 10.4 Å². The van der Waals surface area contributed by atoms with Gasteiger partial charge in [-0.05, 0) is 16.0 Å². The molecule has 0 unspecified atom stereocenters. The van der Waals surface area contributed by atoms with Crippen molar-refractivity contribution in [1.82, 2.24) is 0 Å². The van der Waals surface area contributed by atoms with Crippen LogP contribution in [0, 0.1) is 5.53 Å². The molecule has 0 aromatic carbocycles. The summed E-state index contributed by atoms with van der Waals surface area (Å²) in [5, 5.41) is 0. The Hall–Kier alpha value is 0.340. The van der Waals surface area contributed by atoms with Crippen LogP contribution in [-0.2, 0) is 0 Å². The molecule has 0 aromatic rings. The molecule has 0 saturated heterocycles. The summed E-state index contributed by atoms with van der Waals surface area (Å²) >= 11 is 4.76. The second-order valence-corrected chi connectivity index (χ2v) is 0.563. The molecule has 36 valence electrons. The Morgan fingerprint density at radius 1 is 2.00 bits per heavy atom. The van der Waals surface area contributed by atoms with Crippen LogP contribution in [0.2, 0.25) is 0 Å². The molecular formula is C2H5ClN3Na. The molecule has 0 atom stereocenters. The fourth-order valence-electron chi connectivity index (χ4n) is 0. The zero-order valence-electron chi connectivity index (χ0n) is 5.06. The van der Waals surface area contributed by atoms with E-state index in [1.807, 2.05) is 0 Å². The molecule has 0 amide bonds. The average Bonchev–Trinajstić information content (AvgIpc) is 1.39. The third-order valence-electron chi connectivity index (χ3n) is 0. The van der Waals surface area contributed by atoms with Crippen LogP contribution < -0.4 is 29.6 Å². The SMILES string of the molecule is C=CCl.[H-].[N-]=[N+]=N.[Na+]. The van der Waals surface area contributed by atoms with Crippen molar-refractivity contribution in [2.24, 2.45) is 0 Å². The van der Waals surface area contributed by atoms with Gasteiger partial charge in [-0.1, -0.05) is 18.2 Å². The molecule has 0 heterocycles. The second kappa shape index (κ2) is 33.0. The van der Waals surface area contributed by atoms with Gasteiger partial charge in [0.05, 0.1) is 0 Å². The third kappa shape index (κ3) is 1030. The van der Waals surface area contributed by atoms with Crippen molar-refractivity contribution in [3.05, 3.63) is 22.6 Å². The molecule has 0 aromatic heterocycles. The minimum absolute atomic E-state index is 0. The largest absolute Gasteiger partial charge is 1.00 e. The van der Waals surface area contributed by atoms with Crippen molar-refractivity contribution in [3.63, 3.8) is 0 Å². The van der Waals surface area contributed by atoms with Gasteiger partial charge in [0.2, 0.25) is 0 Å². The number of nitrogens with zero attached hydrogens (tertiary/aromatic N) is 2. The van der Waals surface area contributed by atoms with Gasteiger partial charge in [0.1, 0.15) is 0 Å². The number of hydrogen-bond acceptors (Lipinski definition) is 1. The van der Waals surface area contributed by atoms with Crippen molar-refractivity contribution in [2.45, 2.75) is 0 Å². The van der Waals surface area contributed by atoms with Gasteiger partial charge in [-0.3, -0.25) is 0 Å². The molecule has 0 spiro atoms. The molecule has 0 aliphatic carbocycles. The van der Waals surface area contributed by atoms with Gasteiger partial charge in [-0.25, -0.2) is 0 Å². The zero-order valence-corrected chi connectivity index (χ0v) is 6.81. The van der Waals surface area contributed by atoms with Crippen LogP contribution in [-0.4, -0.2) is 0 Å². The first-order valence-electron chi connectivity index (χ1n) is 1.05. The van der Waals surface area contributed by atoms with Gasteiger partial charge in [0.25, 0.3) is 0 Å². The van der Waals surface area contributed by atoms with E-state index in [1.165, 1.54) is 5.54 Å². The number of nitrogens with one attached hydrogen (secondary N) is 1. The predicted molar refractivity (Wildman–Crippen MR) is 26.6 cm³/mol. The van der Waals surface area contributed by atoms with Crippen LogP contribution in [0.4, 0.5) is 0 Å². The maximum absolute atomic E-state index is 6.86. The average molecular weight is 130 g/mol. The summed E-state index contributed by atoms with van der Waals surface area (Å²) in [5.41, 5.74) is 13.5. The van der Waals surface area contributed by atoms with Gasteiger partial charge in [-0.15, -0.1) is 5.53 Å². The quantitative estimate of drug-likeness (QED) is 0.196. The molecular weight excluding hydrogens is 124 g/mol. The van der Waals surface area contributed by atoms with Gasteiger partial charge in [0, 0.05) is 0 Å². The zero-order chi connectivity index (χ0) is 5.41. The maximum atomic E-state index is 6.86. The summed E-state index contributed by atoms with van der Waals surface area (Å²) in [6, 6.07) is 0. The number of hydrogen-bond donors (Lipinski definition) is 1. The predicted octanol–water partition coefficient (Wildman–Crippen LogP) is -0.639. The number of halogens is 1. The van der Waals surface area contributed by atoms with E-state index in [9.17, 15) is 0 Å². The summed E-state index contributed by atoms with van der Waals surface area (Å²) < 4.78 is 0. The Morgan fingerprint density at radius 3 is 2.00 bits per heavy atom. The van der Waals surface area contributed by atoms with E-state index in [0.717, 1.165) is 0 Å². The molecule has 0 aliphatic heterocycles. The van der Waals surface area contributed by atoms with Crippen LogP contribution in [0.3, 0.4) is 0 Å². The van der Waals surface area contributed by atoms with Crippen molar-refractivity contribution in [3.8, 4) is 0 Å². The Bertz CT molecular complexity index is 62.3. The summed E-state index contributed by atoms with van der Waals surface area (Å²) in [4.78, 5) is 1.75. The third-order valence-corrected chi connectivity index (χ3v) is 0. The van der Waals surface area contributed by atoms with Crippen molar-refractivity contribution >= 4 is 11.6 Å². The molecule has 1 N–H and O–H groups in total. The molecule has 0 saturated carbocycles. The van der Waals surface area contributed by atoms with E-state index < -0.39 is 0 Å². The van der Waals surface area contributed by atoms with E-state index in [1.54, 1.807) is 4.91 Å². The van der Waals surface area contributed by atoms with Crippen LogP contribution in [0.1, 0.15) is 1.43 Å². The topological polar surface area (TPSA) is 60.3 Å².